The highest BCUT2D eigenvalue weighted by Crippen LogP contribution is 2.26. The van der Waals surface area contributed by atoms with Crippen molar-refractivity contribution < 1.29 is 4.79 Å². The Morgan fingerprint density at radius 1 is 1.39 bits per heavy atom. The summed E-state index contributed by atoms with van der Waals surface area (Å²) in [7, 11) is 0. The fourth-order valence-electron chi connectivity index (χ4n) is 2.24. The summed E-state index contributed by atoms with van der Waals surface area (Å²) in [6, 6.07) is 5.69. The molecule has 2 nitrogen and oxygen atoms in total. The fraction of sp³-hybridized carbons (Fsp3) is 0.462. The predicted octanol–water partition coefficient (Wildman–Crippen LogP) is 4.46. The first-order valence-electron chi connectivity index (χ1n) is 5.92. The van der Waals surface area contributed by atoms with Gasteiger partial charge in [0.1, 0.15) is 0 Å². The van der Waals surface area contributed by atoms with Crippen LogP contribution in [0.3, 0.4) is 0 Å². The van der Waals surface area contributed by atoms with Crippen LogP contribution in [0.25, 0.3) is 0 Å². The number of carbonyl (C=O) groups is 1. The standard InChI is InChI=1S/C13H14Br3NO/c14-5-3-9-4-6-17(8-9)13(18)11-2-1-10(15)7-12(11)16/h1-2,7,9H,3-6,8H2. The van der Waals surface area contributed by atoms with E-state index in [4.69, 9.17) is 0 Å². The van der Waals surface area contributed by atoms with Crippen LogP contribution in [-0.4, -0.2) is 29.2 Å². The zero-order chi connectivity index (χ0) is 13.1. The first-order valence-corrected chi connectivity index (χ1v) is 8.63. The molecule has 0 radical (unpaired) electrons. The number of hydrogen-bond acceptors (Lipinski definition) is 1. The van der Waals surface area contributed by atoms with Crippen molar-refractivity contribution in [3.63, 3.8) is 0 Å². The maximum absolute atomic E-state index is 12.4. The summed E-state index contributed by atoms with van der Waals surface area (Å²) < 4.78 is 1.83. The van der Waals surface area contributed by atoms with Crippen LogP contribution < -0.4 is 0 Å². The van der Waals surface area contributed by atoms with E-state index in [2.05, 4.69) is 47.8 Å². The summed E-state index contributed by atoms with van der Waals surface area (Å²) in [5.74, 6) is 0.772. The molecule has 0 spiro atoms. The Morgan fingerprint density at radius 2 is 2.17 bits per heavy atom. The molecule has 0 bridgehead atoms. The van der Waals surface area contributed by atoms with Crippen LogP contribution in [0.2, 0.25) is 0 Å². The van der Waals surface area contributed by atoms with Gasteiger partial charge in [-0.1, -0.05) is 31.9 Å². The van der Waals surface area contributed by atoms with Crippen molar-refractivity contribution >= 4 is 53.7 Å². The molecule has 0 aromatic heterocycles. The predicted molar refractivity (Wildman–Crippen MR) is 84.3 cm³/mol. The highest BCUT2D eigenvalue weighted by atomic mass is 79.9. The summed E-state index contributed by atoms with van der Waals surface area (Å²) >= 11 is 10.3. The third-order valence-electron chi connectivity index (χ3n) is 3.25. The molecule has 1 aromatic carbocycles. The average Bonchev–Trinajstić information content (AvgIpc) is 2.77. The van der Waals surface area contributed by atoms with Gasteiger partial charge in [-0.05, 0) is 52.9 Å². The molecule has 1 aromatic rings. The molecule has 1 fully saturated rings. The summed E-state index contributed by atoms with van der Waals surface area (Å²) in [5.41, 5.74) is 0.748. The van der Waals surface area contributed by atoms with E-state index in [1.54, 1.807) is 0 Å². The molecule has 1 saturated heterocycles. The van der Waals surface area contributed by atoms with Crippen LogP contribution in [0.4, 0.5) is 0 Å². The lowest BCUT2D eigenvalue weighted by Crippen LogP contribution is -2.29. The lowest BCUT2D eigenvalue weighted by Gasteiger charge is -2.17. The van der Waals surface area contributed by atoms with Crippen molar-refractivity contribution in [3.8, 4) is 0 Å². The minimum absolute atomic E-state index is 0.131. The quantitative estimate of drug-likeness (QED) is 0.637. The van der Waals surface area contributed by atoms with Crippen molar-refractivity contribution in [2.75, 3.05) is 18.4 Å². The molecular weight excluding hydrogens is 426 g/mol. The highest BCUT2D eigenvalue weighted by Gasteiger charge is 2.27. The molecule has 0 saturated carbocycles. The second-order valence-corrected chi connectivity index (χ2v) is 7.07. The number of amides is 1. The monoisotopic (exact) mass is 437 g/mol. The van der Waals surface area contributed by atoms with E-state index in [1.165, 1.54) is 0 Å². The second-order valence-electron chi connectivity index (χ2n) is 4.51. The summed E-state index contributed by atoms with van der Waals surface area (Å²) in [6.07, 6.45) is 2.26. The Balaban J connectivity index is 2.08. The topological polar surface area (TPSA) is 20.3 Å². The Bertz CT molecular complexity index is 450. The van der Waals surface area contributed by atoms with Gasteiger partial charge in [-0.3, -0.25) is 4.79 Å². The van der Waals surface area contributed by atoms with Gasteiger partial charge < -0.3 is 4.90 Å². The number of hydrogen-bond donors (Lipinski definition) is 0. The average molecular weight is 440 g/mol. The maximum atomic E-state index is 12.4. The summed E-state index contributed by atoms with van der Waals surface area (Å²) in [4.78, 5) is 14.4. The van der Waals surface area contributed by atoms with Crippen LogP contribution in [0.5, 0.6) is 0 Å². The third kappa shape index (κ3) is 3.36. The number of carbonyl (C=O) groups excluding carboxylic acids is 1. The third-order valence-corrected chi connectivity index (χ3v) is 4.86. The van der Waals surface area contributed by atoms with E-state index in [9.17, 15) is 4.79 Å². The zero-order valence-corrected chi connectivity index (χ0v) is 14.6. The molecule has 1 atom stereocenters. The van der Waals surface area contributed by atoms with E-state index in [-0.39, 0.29) is 5.91 Å². The fourth-order valence-corrected chi connectivity index (χ4v) is 4.10. The lowest BCUT2D eigenvalue weighted by atomic mass is 10.1. The van der Waals surface area contributed by atoms with Crippen molar-refractivity contribution in [1.82, 2.24) is 4.90 Å². The van der Waals surface area contributed by atoms with Crippen LogP contribution in [0.15, 0.2) is 27.1 Å². The molecule has 5 heteroatoms. The first-order chi connectivity index (χ1) is 8.61. The van der Waals surface area contributed by atoms with Gasteiger partial charge >= 0.3 is 0 Å². The Labute approximate surface area is 133 Å². The van der Waals surface area contributed by atoms with E-state index >= 15 is 0 Å². The molecule has 18 heavy (non-hydrogen) atoms. The van der Waals surface area contributed by atoms with E-state index < -0.39 is 0 Å². The number of alkyl halides is 1. The largest absolute Gasteiger partial charge is 0.338 e. The van der Waals surface area contributed by atoms with E-state index in [1.807, 2.05) is 23.1 Å². The van der Waals surface area contributed by atoms with Gasteiger partial charge in [0.25, 0.3) is 5.91 Å². The van der Waals surface area contributed by atoms with Gasteiger partial charge in [-0.2, -0.15) is 0 Å². The Morgan fingerprint density at radius 3 is 2.83 bits per heavy atom. The Kier molecular flexibility index (Phi) is 5.27. The molecule has 1 aliphatic heterocycles. The number of rotatable bonds is 3. The summed E-state index contributed by atoms with van der Waals surface area (Å²) in [5, 5.41) is 1.02. The van der Waals surface area contributed by atoms with Crippen molar-refractivity contribution in [2.24, 2.45) is 5.92 Å². The number of nitrogens with zero attached hydrogens (tertiary/aromatic N) is 1. The molecule has 1 heterocycles. The highest BCUT2D eigenvalue weighted by molar-refractivity contribution is 9.11. The second kappa shape index (κ2) is 6.53. The zero-order valence-electron chi connectivity index (χ0n) is 9.83. The molecule has 0 N–H and O–H groups in total. The molecule has 2 rings (SSSR count). The molecule has 98 valence electrons. The van der Waals surface area contributed by atoms with Gasteiger partial charge in [-0.15, -0.1) is 0 Å². The normalized spacial score (nSPS) is 19.3. The molecule has 1 amide bonds. The maximum Gasteiger partial charge on any atom is 0.255 e. The van der Waals surface area contributed by atoms with Crippen LogP contribution in [-0.2, 0) is 0 Å². The van der Waals surface area contributed by atoms with Gasteiger partial charge in [0.2, 0.25) is 0 Å². The van der Waals surface area contributed by atoms with E-state index in [0.717, 1.165) is 45.8 Å². The number of halogens is 3. The molecule has 1 unspecified atom stereocenters. The molecular formula is C13H14Br3NO. The minimum Gasteiger partial charge on any atom is -0.338 e. The van der Waals surface area contributed by atoms with Crippen molar-refractivity contribution in [3.05, 3.63) is 32.7 Å². The molecule has 1 aliphatic rings. The van der Waals surface area contributed by atoms with Crippen LogP contribution >= 0.6 is 47.8 Å². The van der Waals surface area contributed by atoms with Gasteiger partial charge in [0.15, 0.2) is 0 Å². The Hall–Kier alpha value is 0.130. The van der Waals surface area contributed by atoms with Crippen LogP contribution in [0.1, 0.15) is 23.2 Å². The van der Waals surface area contributed by atoms with Crippen molar-refractivity contribution in [2.45, 2.75) is 12.8 Å². The lowest BCUT2D eigenvalue weighted by molar-refractivity contribution is 0.0786. The molecule has 0 aliphatic carbocycles. The number of benzene rings is 1. The van der Waals surface area contributed by atoms with Gasteiger partial charge in [-0.25, -0.2) is 0 Å². The number of likely N-dealkylation sites (tertiary alicyclic amines) is 1. The van der Waals surface area contributed by atoms with E-state index in [0.29, 0.717) is 5.92 Å². The van der Waals surface area contributed by atoms with Gasteiger partial charge in [0.05, 0.1) is 5.56 Å². The first kappa shape index (κ1) is 14.5. The van der Waals surface area contributed by atoms with Crippen molar-refractivity contribution in [1.29, 1.82) is 0 Å². The summed E-state index contributed by atoms with van der Waals surface area (Å²) in [6.45, 7) is 1.76. The SMILES string of the molecule is O=C(c1ccc(Br)cc1Br)N1CCC(CCBr)C1. The van der Waals surface area contributed by atoms with Crippen LogP contribution in [0, 0.1) is 5.92 Å². The van der Waals surface area contributed by atoms with Gasteiger partial charge in [0, 0.05) is 27.4 Å². The minimum atomic E-state index is 0.131. The smallest absolute Gasteiger partial charge is 0.255 e.